The molecule has 1 aromatic carbocycles. The zero-order valence-electron chi connectivity index (χ0n) is 17.3. The van der Waals surface area contributed by atoms with E-state index < -0.39 is 0 Å². The maximum absolute atomic E-state index is 12.4. The van der Waals surface area contributed by atoms with E-state index in [9.17, 15) is 4.79 Å². The molecule has 8 heteroatoms. The van der Waals surface area contributed by atoms with E-state index in [-0.39, 0.29) is 49.0 Å². The lowest BCUT2D eigenvalue weighted by atomic mass is 9.95. The van der Waals surface area contributed by atoms with Crippen molar-refractivity contribution in [3.63, 3.8) is 0 Å². The lowest BCUT2D eigenvalue weighted by Gasteiger charge is -2.34. The first kappa shape index (κ1) is 28.4. The molecule has 1 heterocycles. The number of hydrogen-bond donors (Lipinski definition) is 2. The summed E-state index contributed by atoms with van der Waals surface area (Å²) in [6.45, 7) is 10.3. The van der Waals surface area contributed by atoms with Crippen LogP contribution in [0.5, 0.6) is 0 Å². The summed E-state index contributed by atoms with van der Waals surface area (Å²) in [5, 5.41) is 3.11. The molecule has 29 heavy (non-hydrogen) atoms. The van der Waals surface area contributed by atoms with Crippen LogP contribution in [0.4, 0.5) is 0 Å². The fraction of sp³-hybridized carbons (Fsp3) is 0.667. The first-order chi connectivity index (χ1) is 12.7. The Labute approximate surface area is 194 Å². The molecule has 1 amide bonds. The van der Waals surface area contributed by atoms with Gasteiger partial charge in [0.1, 0.15) is 0 Å². The molecule has 1 saturated heterocycles. The molecular formula is C21H37Cl3N4O. The fourth-order valence-electron chi connectivity index (χ4n) is 4.27. The van der Waals surface area contributed by atoms with Crippen LogP contribution in [0.1, 0.15) is 37.3 Å². The summed E-state index contributed by atoms with van der Waals surface area (Å²) in [6, 6.07) is 8.69. The molecule has 0 bridgehead atoms. The van der Waals surface area contributed by atoms with E-state index in [1.165, 1.54) is 24.2 Å². The number of benzene rings is 1. The third-order valence-electron chi connectivity index (χ3n) is 6.11. The molecule has 3 rings (SSSR count). The van der Waals surface area contributed by atoms with Crippen molar-refractivity contribution in [2.24, 2.45) is 17.6 Å². The van der Waals surface area contributed by atoms with Gasteiger partial charge in [-0.05, 0) is 43.0 Å². The maximum atomic E-state index is 12.4. The highest BCUT2D eigenvalue weighted by molar-refractivity contribution is 5.86. The Morgan fingerprint density at radius 1 is 1.00 bits per heavy atom. The molecule has 0 aromatic heterocycles. The molecule has 1 aliphatic carbocycles. The SMILES string of the molecule is CCN1CCN(Cc2ccc(CNC(=O)[C@@H]3CCC[C@@H]3CN)cc2)CC1.Cl.Cl.Cl. The number of piperazine rings is 1. The van der Waals surface area contributed by atoms with Gasteiger partial charge in [0.25, 0.3) is 0 Å². The second kappa shape index (κ2) is 14.4. The number of amides is 1. The Bertz CT molecular complexity index is 580. The Balaban J connectivity index is 0.00000261. The number of carbonyl (C=O) groups excluding carboxylic acids is 1. The first-order valence-electron chi connectivity index (χ1n) is 10.2. The average Bonchev–Trinajstić information content (AvgIpc) is 3.17. The van der Waals surface area contributed by atoms with Crippen LogP contribution in [-0.4, -0.2) is 55.0 Å². The van der Waals surface area contributed by atoms with Crippen molar-refractivity contribution < 1.29 is 4.79 Å². The summed E-state index contributed by atoms with van der Waals surface area (Å²) in [6.07, 6.45) is 3.20. The van der Waals surface area contributed by atoms with Crippen molar-refractivity contribution in [2.45, 2.75) is 39.3 Å². The minimum Gasteiger partial charge on any atom is -0.352 e. The summed E-state index contributed by atoms with van der Waals surface area (Å²) in [5.41, 5.74) is 8.31. The van der Waals surface area contributed by atoms with E-state index in [1.54, 1.807) is 0 Å². The van der Waals surface area contributed by atoms with Gasteiger partial charge < -0.3 is 16.0 Å². The Morgan fingerprint density at radius 3 is 2.17 bits per heavy atom. The summed E-state index contributed by atoms with van der Waals surface area (Å²) in [5.74, 6) is 0.655. The van der Waals surface area contributed by atoms with Gasteiger partial charge in [-0.25, -0.2) is 0 Å². The van der Waals surface area contributed by atoms with E-state index in [1.807, 2.05) is 0 Å². The van der Waals surface area contributed by atoms with Gasteiger partial charge >= 0.3 is 0 Å². The summed E-state index contributed by atoms with van der Waals surface area (Å²) < 4.78 is 0. The number of hydrogen-bond acceptors (Lipinski definition) is 4. The number of halogens is 3. The highest BCUT2D eigenvalue weighted by atomic mass is 35.5. The molecule has 0 unspecified atom stereocenters. The van der Waals surface area contributed by atoms with Crippen molar-refractivity contribution in [1.82, 2.24) is 15.1 Å². The molecule has 0 spiro atoms. The lowest BCUT2D eigenvalue weighted by molar-refractivity contribution is -0.126. The van der Waals surface area contributed by atoms with Crippen LogP contribution in [0.25, 0.3) is 0 Å². The van der Waals surface area contributed by atoms with E-state index >= 15 is 0 Å². The van der Waals surface area contributed by atoms with Crippen LogP contribution < -0.4 is 11.1 Å². The minimum atomic E-state index is 0. The van der Waals surface area contributed by atoms with E-state index in [2.05, 4.69) is 46.3 Å². The maximum Gasteiger partial charge on any atom is 0.223 e. The smallest absolute Gasteiger partial charge is 0.223 e. The first-order valence-corrected chi connectivity index (χ1v) is 10.2. The molecule has 168 valence electrons. The number of likely N-dealkylation sites (N-methyl/N-ethyl adjacent to an activating group) is 1. The molecular weight excluding hydrogens is 431 g/mol. The van der Waals surface area contributed by atoms with Crippen LogP contribution >= 0.6 is 37.2 Å². The van der Waals surface area contributed by atoms with Gasteiger partial charge in [-0.15, -0.1) is 37.2 Å². The predicted octanol–water partition coefficient (Wildman–Crippen LogP) is 3.08. The molecule has 1 saturated carbocycles. The molecule has 2 aliphatic rings. The summed E-state index contributed by atoms with van der Waals surface area (Å²) in [7, 11) is 0. The van der Waals surface area contributed by atoms with Crippen molar-refractivity contribution in [3.05, 3.63) is 35.4 Å². The second-order valence-electron chi connectivity index (χ2n) is 7.78. The number of nitrogens with zero attached hydrogens (tertiary/aromatic N) is 2. The standard InChI is InChI=1S/C21H34N4O.3ClH/c1-2-24-10-12-25(13-11-24)16-18-8-6-17(7-9-18)15-23-21(26)20-5-3-4-19(20)14-22;;;/h6-9,19-20H,2-5,10-16,22H2,1H3,(H,23,26);3*1H/t19-,20-;;;/m1.../s1. The van der Waals surface area contributed by atoms with Crippen LogP contribution in [0.3, 0.4) is 0 Å². The molecule has 3 N–H and O–H groups in total. The van der Waals surface area contributed by atoms with Gasteiger partial charge in [0.2, 0.25) is 5.91 Å². The highest BCUT2D eigenvalue weighted by Crippen LogP contribution is 2.31. The summed E-state index contributed by atoms with van der Waals surface area (Å²) >= 11 is 0. The van der Waals surface area contributed by atoms with E-state index in [4.69, 9.17) is 5.73 Å². The number of nitrogens with two attached hydrogens (primary N) is 1. The van der Waals surface area contributed by atoms with Crippen LogP contribution in [0.2, 0.25) is 0 Å². The van der Waals surface area contributed by atoms with Gasteiger partial charge in [0, 0.05) is 45.2 Å². The van der Waals surface area contributed by atoms with Gasteiger partial charge in [-0.1, -0.05) is 37.6 Å². The molecule has 5 nitrogen and oxygen atoms in total. The molecule has 0 radical (unpaired) electrons. The normalized spacial score (nSPS) is 22.1. The third-order valence-corrected chi connectivity index (χ3v) is 6.11. The molecule has 1 aliphatic heterocycles. The Morgan fingerprint density at radius 2 is 1.59 bits per heavy atom. The number of nitrogens with one attached hydrogen (secondary N) is 1. The van der Waals surface area contributed by atoms with Crippen molar-refractivity contribution >= 4 is 43.1 Å². The van der Waals surface area contributed by atoms with Gasteiger partial charge in [0.15, 0.2) is 0 Å². The van der Waals surface area contributed by atoms with Crippen LogP contribution in [0.15, 0.2) is 24.3 Å². The molecule has 1 aromatic rings. The third kappa shape index (κ3) is 8.23. The van der Waals surface area contributed by atoms with Gasteiger partial charge in [-0.3, -0.25) is 9.69 Å². The highest BCUT2D eigenvalue weighted by Gasteiger charge is 2.31. The fourth-order valence-corrected chi connectivity index (χ4v) is 4.27. The zero-order chi connectivity index (χ0) is 18.4. The van der Waals surface area contributed by atoms with Crippen LogP contribution in [-0.2, 0) is 17.9 Å². The Hall–Kier alpha value is -0.560. The number of rotatable bonds is 7. The van der Waals surface area contributed by atoms with Crippen LogP contribution in [0, 0.1) is 11.8 Å². The van der Waals surface area contributed by atoms with E-state index in [0.29, 0.717) is 19.0 Å². The van der Waals surface area contributed by atoms with Gasteiger partial charge in [0.05, 0.1) is 0 Å². The predicted molar refractivity (Wildman–Crippen MR) is 127 cm³/mol. The van der Waals surface area contributed by atoms with Gasteiger partial charge in [-0.2, -0.15) is 0 Å². The second-order valence-corrected chi connectivity index (χ2v) is 7.78. The largest absolute Gasteiger partial charge is 0.352 e. The van der Waals surface area contributed by atoms with Crippen molar-refractivity contribution in [1.29, 1.82) is 0 Å². The van der Waals surface area contributed by atoms with Crippen molar-refractivity contribution in [2.75, 3.05) is 39.3 Å². The molecule has 2 atom stereocenters. The quantitative estimate of drug-likeness (QED) is 0.647. The summed E-state index contributed by atoms with van der Waals surface area (Å²) in [4.78, 5) is 17.4. The Kier molecular flexibility index (Phi) is 14.2. The minimum absolute atomic E-state index is 0. The van der Waals surface area contributed by atoms with Crippen molar-refractivity contribution in [3.8, 4) is 0 Å². The topological polar surface area (TPSA) is 61.6 Å². The zero-order valence-corrected chi connectivity index (χ0v) is 19.8. The number of carbonyl (C=O) groups is 1. The van der Waals surface area contributed by atoms with E-state index in [0.717, 1.165) is 45.4 Å². The average molecular weight is 468 g/mol. The lowest BCUT2D eigenvalue weighted by Crippen LogP contribution is -2.45. The monoisotopic (exact) mass is 466 g/mol. The molecule has 2 fully saturated rings.